The van der Waals surface area contributed by atoms with Crippen LogP contribution in [0.4, 0.5) is 51.2 Å². The van der Waals surface area contributed by atoms with E-state index in [0.717, 1.165) is 62.0 Å². The SMILES string of the molecule is [2H]c1c([2H])c([2H])c(N2c3ccc(C(C)(C)C)cc3B3c4sc5ccc(C(C)(C)C)cc5c4N(c4ccc(C(C)(C)C)cc4)c4cc(N(c5ccccc5)c5ccccc5)cc2c43)c([2H])c1[2H]. The summed E-state index contributed by atoms with van der Waals surface area (Å²) in [6.45, 7) is 19.9. The highest BCUT2D eigenvalue weighted by molar-refractivity contribution is 7.33. The summed E-state index contributed by atoms with van der Waals surface area (Å²) in [4.78, 5) is 6.66. The van der Waals surface area contributed by atoms with Crippen molar-refractivity contribution < 1.29 is 6.85 Å². The predicted molar refractivity (Wildman–Crippen MR) is 267 cm³/mol. The lowest BCUT2D eigenvalue weighted by atomic mass is 9.36. The highest BCUT2D eigenvalue weighted by atomic mass is 32.1. The van der Waals surface area contributed by atoms with Crippen molar-refractivity contribution in [2.45, 2.75) is 78.6 Å². The van der Waals surface area contributed by atoms with E-state index in [1.54, 1.807) is 0 Å². The highest BCUT2D eigenvalue weighted by Crippen LogP contribution is 2.51. The van der Waals surface area contributed by atoms with Crippen molar-refractivity contribution in [3.8, 4) is 0 Å². The van der Waals surface area contributed by atoms with Crippen LogP contribution >= 0.6 is 11.3 Å². The van der Waals surface area contributed by atoms with Gasteiger partial charge in [-0.1, -0.05) is 147 Å². The molecule has 3 nitrogen and oxygen atoms in total. The number of nitrogens with zero attached hydrogens (tertiary/aromatic N) is 3. The first-order valence-corrected chi connectivity index (χ1v) is 22.1. The molecule has 0 aliphatic carbocycles. The molecule has 0 atom stereocenters. The van der Waals surface area contributed by atoms with Crippen molar-refractivity contribution >= 4 is 95.0 Å². The molecule has 0 bridgehead atoms. The quantitative estimate of drug-likeness (QED) is 0.160. The van der Waals surface area contributed by atoms with Gasteiger partial charge in [0.25, 0.3) is 6.71 Å². The normalized spacial score (nSPS) is 14.7. The number of benzene rings is 7. The Morgan fingerprint density at radius 3 is 1.64 bits per heavy atom. The van der Waals surface area contributed by atoms with Gasteiger partial charge in [-0.15, -0.1) is 11.3 Å². The monoisotopic (exact) mass is 816 g/mol. The summed E-state index contributed by atoms with van der Waals surface area (Å²) in [7, 11) is 0. The molecule has 3 heterocycles. The number of hydrogen-bond acceptors (Lipinski definition) is 4. The lowest BCUT2D eigenvalue weighted by molar-refractivity contribution is 0.590. The maximum atomic E-state index is 9.54. The minimum Gasteiger partial charge on any atom is -0.311 e. The molecule has 0 saturated carbocycles. The smallest absolute Gasteiger partial charge is 0.264 e. The second-order valence-electron chi connectivity index (χ2n) is 19.6. The Morgan fingerprint density at radius 2 is 1.05 bits per heavy atom. The number of hydrogen-bond donors (Lipinski definition) is 0. The number of anilines is 9. The zero-order valence-electron chi connectivity index (χ0n) is 41.5. The molecular formula is C56H54BN3S. The summed E-state index contributed by atoms with van der Waals surface area (Å²) in [6.07, 6.45) is 0. The number of thiophene rings is 1. The fourth-order valence-corrected chi connectivity index (χ4v) is 10.4. The van der Waals surface area contributed by atoms with Gasteiger partial charge in [0.1, 0.15) is 0 Å². The van der Waals surface area contributed by atoms with Gasteiger partial charge in [-0.05, 0) is 123 Å². The highest BCUT2D eigenvalue weighted by Gasteiger charge is 2.46. The minimum absolute atomic E-state index is 0.0583. The van der Waals surface area contributed by atoms with Crippen molar-refractivity contribution in [2.75, 3.05) is 14.7 Å². The third-order valence-corrected chi connectivity index (χ3v) is 13.6. The van der Waals surface area contributed by atoms with Gasteiger partial charge in [0.15, 0.2) is 0 Å². The van der Waals surface area contributed by atoms with Gasteiger partial charge >= 0.3 is 0 Å². The van der Waals surface area contributed by atoms with Crippen LogP contribution in [0.2, 0.25) is 0 Å². The van der Waals surface area contributed by atoms with Crippen molar-refractivity contribution in [1.29, 1.82) is 0 Å². The molecule has 0 amide bonds. The molecule has 61 heavy (non-hydrogen) atoms. The number of rotatable bonds is 5. The Labute approximate surface area is 374 Å². The fourth-order valence-electron chi connectivity index (χ4n) is 9.11. The van der Waals surface area contributed by atoms with Gasteiger partial charge in [0, 0.05) is 54.7 Å². The van der Waals surface area contributed by atoms with Crippen LogP contribution in [-0.2, 0) is 16.2 Å². The van der Waals surface area contributed by atoms with Gasteiger partial charge in [-0.25, -0.2) is 0 Å². The molecule has 302 valence electrons. The summed E-state index contributed by atoms with van der Waals surface area (Å²) < 4.78 is 48.1. The maximum absolute atomic E-state index is 9.54. The van der Waals surface area contributed by atoms with Crippen LogP contribution in [0.25, 0.3) is 10.1 Å². The molecule has 10 rings (SSSR count). The van der Waals surface area contributed by atoms with Crippen LogP contribution in [0.15, 0.2) is 164 Å². The van der Waals surface area contributed by atoms with Gasteiger partial charge in [0.05, 0.1) is 18.2 Å². The van der Waals surface area contributed by atoms with Crippen molar-refractivity contribution in [2.24, 2.45) is 0 Å². The van der Waals surface area contributed by atoms with Crippen LogP contribution in [-0.4, -0.2) is 6.71 Å². The zero-order chi connectivity index (χ0) is 46.8. The molecule has 8 aromatic rings. The molecule has 2 aliphatic heterocycles. The summed E-state index contributed by atoms with van der Waals surface area (Å²) in [6, 6.07) is 46.0. The number of fused-ring (bicyclic) bond motifs is 6. The maximum Gasteiger partial charge on any atom is 0.264 e. The molecule has 0 N–H and O–H groups in total. The van der Waals surface area contributed by atoms with Gasteiger partial charge in [0.2, 0.25) is 0 Å². The molecule has 5 heteroatoms. The van der Waals surface area contributed by atoms with E-state index in [9.17, 15) is 2.74 Å². The van der Waals surface area contributed by atoms with E-state index in [2.05, 4.69) is 169 Å². The summed E-state index contributed by atoms with van der Waals surface area (Å²) in [5.74, 6) is 0. The third-order valence-electron chi connectivity index (χ3n) is 12.4. The molecule has 7 aromatic carbocycles. The average molecular weight is 817 g/mol. The van der Waals surface area contributed by atoms with Crippen LogP contribution in [0.5, 0.6) is 0 Å². The van der Waals surface area contributed by atoms with Crippen LogP contribution in [0.1, 0.15) is 85.9 Å². The Kier molecular flexibility index (Phi) is 7.88. The molecule has 0 fully saturated rings. The van der Waals surface area contributed by atoms with Gasteiger partial charge in [-0.3, -0.25) is 0 Å². The second kappa shape index (κ2) is 14.3. The standard InChI is InChI=1S/C56H54BN3S/c1-54(2,3)37-25-29-43(30-26-37)60-49-36-44(58(40-19-13-10-14-20-40)41-21-15-11-16-22-41)35-48-51(49)57(53-52(60)45-33-38(55(4,5)6)28-32-50(45)61-53)46-34-39(56(7,8)9)27-31-47(46)59(48)42-23-17-12-18-24-42/h10-36H,1-9H3/i12D,17D,18D,23D,24D. The topological polar surface area (TPSA) is 9.72 Å². The lowest BCUT2D eigenvalue weighted by Gasteiger charge is -2.44. The second-order valence-corrected chi connectivity index (χ2v) is 20.7. The van der Waals surface area contributed by atoms with E-state index in [1.807, 2.05) is 52.6 Å². The minimum atomic E-state index is -0.420. The molecule has 0 radical (unpaired) electrons. The molecule has 1 aromatic heterocycles. The number of para-hydroxylation sites is 3. The molecule has 2 aliphatic rings. The van der Waals surface area contributed by atoms with E-state index < -0.39 is 6.04 Å². The van der Waals surface area contributed by atoms with Crippen molar-refractivity contribution in [3.63, 3.8) is 0 Å². The van der Waals surface area contributed by atoms with E-state index in [-0.39, 0.29) is 52.8 Å². The van der Waals surface area contributed by atoms with Crippen LogP contribution in [0.3, 0.4) is 0 Å². The molecular weight excluding hydrogens is 758 g/mol. The van der Waals surface area contributed by atoms with E-state index in [4.69, 9.17) is 4.11 Å². The summed E-state index contributed by atoms with van der Waals surface area (Å²) >= 11 is 1.83. The zero-order valence-corrected chi connectivity index (χ0v) is 37.3. The van der Waals surface area contributed by atoms with E-state index in [0.29, 0.717) is 0 Å². The van der Waals surface area contributed by atoms with Crippen LogP contribution in [0, 0.1) is 0 Å². The first-order valence-electron chi connectivity index (χ1n) is 23.8. The Morgan fingerprint density at radius 1 is 0.508 bits per heavy atom. The summed E-state index contributed by atoms with van der Waals surface area (Å²) in [5.41, 5.74) is 12.9. The third kappa shape index (κ3) is 6.66. The largest absolute Gasteiger partial charge is 0.311 e. The van der Waals surface area contributed by atoms with E-state index >= 15 is 0 Å². The molecule has 0 spiro atoms. The first kappa shape index (κ1) is 33.7. The fraction of sp³-hybridized carbons (Fsp3) is 0.214. The predicted octanol–water partition coefficient (Wildman–Crippen LogP) is 14.3. The molecule has 0 unspecified atom stereocenters. The van der Waals surface area contributed by atoms with Gasteiger partial charge < -0.3 is 14.7 Å². The average Bonchev–Trinajstić information content (AvgIpc) is 3.66. The van der Waals surface area contributed by atoms with Crippen molar-refractivity contribution in [1.82, 2.24) is 0 Å². The molecule has 0 saturated heterocycles. The lowest BCUT2D eigenvalue weighted by Crippen LogP contribution is -2.60. The Hall–Kier alpha value is -6.04. The Bertz CT molecular complexity index is 3150. The van der Waals surface area contributed by atoms with E-state index in [1.165, 1.54) is 26.0 Å². The van der Waals surface area contributed by atoms with Crippen molar-refractivity contribution in [3.05, 3.63) is 180 Å². The first-order chi connectivity index (χ1) is 31.2. The Balaban J connectivity index is 1.41. The summed E-state index contributed by atoms with van der Waals surface area (Å²) in [5, 5.41) is 1.18. The van der Waals surface area contributed by atoms with Gasteiger partial charge in [-0.2, -0.15) is 0 Å². The van der Waals surface area contributed by atoms with Crippen LogP contribution < -0.4 is 30.4 Å².